The first kappa shape index (κ1) is 14.8. The standard InChI is InChI=1S/C17H16N4O2/c1-11-6-8-12(9-7-11)15-19-17(18)21(20-15)16(22)13-4-3-5-14(10-13)23-2/h3-10H,1-2H3,(H2,18,19,20). The number of aromatic nitrogens is 3. The third kappa shape index (κ3) is 2.91. The molecule has 0 bridgehead atoms. The second-order valence-electron chi connectivity index (χ2n) is 5.11. The van der Waals surface area contributed by atoms with Gasteiger partial charge in [-0.2, -0.15) is 9.67 Å². The van der Waals surface area contributed by atoms with Crippen molar-refractivity contribution in [1.82, 2.24) is 14.8 Å². The van der Waals surface area contributed by atoms with Gasteiger partial charge in [-0.25, -0.2) is 0 Å². The van der Waals surface area contributed by atoms with Gasteiger partial charge in [0.15, 0.2) is 5.82 Å². The van der Waals surface area contributed by atoms with Gasteiger partial charge in [-0.1, -0.05) is 35.9 Å². The lowest BCUT2D eigenvalue weighted by Crippen LogP contribution is -2.16. The number of hydrogen-bond acceptors (Lipinski definition) is 5. The van der Waals surface area contributed by atoms with Crippen molar-refractivity contribution in [3.05, 3.63) is 59.7 Å². The summed E-state index contributed by atoms with van der Waals surface area (Å²) in [5, 5.41) is 4.23. The summed E-state index contributed by atoms with van der Waals surface area (Å²) in [5.41, 5.74) is 8.22. The summed E-state index contributed by atoms with van der Waals surface area (Å²) in [6, 6.07) is 14.5. The maximum Gasteiger partial charge on any atom is 0.281 e. The van der Waals surface area contributed by atoms with Gasteiger partial charge in [-0.05, 0) is 25.1 Å². The molecule has 1 aromatic heterocycles. The highest BCUT2D eigenvalue weighted by Gasteiger charge is 2.17. The first-order valence-electron chi connectivity index (χ1n) is 7.07. The van der Waals surface area contributed by atoms with E-state index < -0.39 is 0 Å². The minimum Gasteiger partial charge on any atom is -0.497 e. The molecule has 6 heteroatoms. The molecule has 0 fully saturated rings. The lowest BCUT2D eigenvalue weighted by molar-refractivity contribution is 0.0947. The SMILES string of the molecule is COc1cccc(C(=O)n2nc(-c3ccc(C)cc3)nc2N)c1. The molecule has 1 heterocycles. The van der Waals surface area contributed by atoms with E-state index in [1.807, 2.05) is 31.2 Å². The summed E-state index contributed by atoms with van der Waals surface area (Å²) in [6.45, 7) is 2.00. The van der Waals surface area contributed by atoms with Crippen LogP contribution in [0.2, 0.25) is 0 Å². The van der Waals surface area contributed by atoms with Gasteiger partial charge >= 0.3 is 0 Å². The van der Waals surface area contributed by atoms with E-state index >= 15 is 0 Å². The summed E-state index contributed by atoms with van der Waals surface area (Å²) >= 11 is 0. The minimum atomic E-state index is -0.354. The van der Waals surface area contributed by atoms with Gasteiger partial charge in [0.05, 0.1) is 7.11 Å². The lowest BCUT2D eigenvalue weighted by Gasteiger charge is -2.04. The van der Waals surface area contributed by atoms with Crippen LogP contribution in [0.25, 0.3) is 11.4 Å². The van der Waals surface area contributed by atoms with Gasteiger partial charge in [-0.3, -0.25) is 4.79 Å². The molecule has 0 aliphatic carbocycles. The maximum absolute atomic E-state index is 12.6. The average molecular weight is 308 g/mol. The van der Waals surface area contributed by atoms with Crippen LogP contribution < -0.4 is 10.5 Å². The number of benzene rings is 2. The van der Waals surface area contributed by atoms with Crippen LogP contribution >= 0.6 is 0 Å². The number of carbonyl (C=O) groups is 1. The van der Waals surface area contributed by atoms with E-state index in [9.17, 15) is 4.79 Å². The number of rotatable bonds is 3. The number of nitrogens with two attached hydrogens (primary N) is 1. The second-order valence-corrected chi connectivity index (χ2v) is 5.11. The van der Waals surface area contributed by atoms with Crippen molar-refractivity contribution in [2.24, 2.45) is 0 Å². The molecular weight excluding hydrogens is 292 g/mol. The molecule has 0 saturated carbocycles. The monoisotopic (exact) mass is 308 g/mol. The molecule has 0 aliphatic heterocycles. The highest BCUT2D eigenvalue weighted by Crippen LogP contribution is 2.19. The zero-order valence-electron chi connectivity index (χ0n) is 12.9. The molecule has 0 saturated heterocycles. The van der Waals surface area contributed by atoms with Crippen LogP contribution in [0, 0.1) is 6.92 Å². The van der Waals surface area contributed by atoms with Gasteiger partial charge in [0.25, 0.3) is 5.91 Å². The lowest BCUT2D eigenvalue weighted by atomic mass is 10.1. The van der Waals surface area contributed by atoms with Gasteiger partial charge < -0.3 is 10.5 Å². The van der Waals surface area contributed by atoms with Crippen LogP contribution in [0.1, 0.15) is 15.9 Å². The van der Waals surface area contributed by atoms with Crippen LogP contribution in [0.3, 0.4) is 0 Å². The van der Waals surface area contributed by atoms with Crippen molar-refractivity contribution >= 4 is 11.9 Å². The van der Waals surface area contributed by atoms with Gasteiger partial charge in [0, 0.05) is 11.1 Å². The van der Waals surface area contributed by atoms with E-state index in [4.69, 9.17) is 10.5 Å². The molecule has 0 unspecified atom stereocenters. The number of anilines is 1. The second kappa shape index (κ2) is 5.92. The molecule has 3 rings (SSSR count). The predicted octanol–water partition coefficient (Wildman–Crippen LogP) is 2.53. The predicted molar refractivity (Wildman–Crippen MR) is 87.3 cm³/mol. The quantitative estimate of drug-likeness (QED) is 0.804. The fourth-order valence-corrected chi connectivity index (χ4v) is 2.18. The molecule has 0 aliphatic rings. The number of nitrogens with zero attached hydrogens (tertiary/aromatic N) is 3. The van der Waals surface area contributed by atoms with Crippen molar-refractivity contribution in [3.63, 3.8) is 0 Å². The van der Waals surface area contributed by atoms with E-state index in [1.165, 1.54) is 0 Å². The number of methoxy groups -OCH3 is 1. The van der Waals surface area contributed by atoms with Gasteiger partial charge in [0.1, 0.15) is 5.75 Å². The summed E-state index contributed by atoms with van der Waals surface area (Å²) < 4.78 is 6.23. The molecule has 6 nitrogen and oxygen atoms in total. The Morgan fingerprint density at radius 3 is 2.61 bits per heavy atom. The van der Waals surface area contributed by atoms with Crippen LogP contribution in [-0.4, -0.2) is 27.8 Å². The largest absolute Gasteiger partial charge is 0.497 e. The summed E-state index contributed by atoms with van der Waals surface area (Å²) in [4.78, 5) is 16.7. The molecule has 0 atom stereocenters. The Morgan fingerprint density at radius 1 is 1.17 bits per heavy atom. The number of carbonyl (C=O) groups excluding carboxylic acids is 1. The number of aryl methyl sites for hydroxylation is 1. The Bertz CT molecular complexity index is 853. The molecule has 2 aromatic carbocycles. The van der Waals surface area contributed by atoms with Crippen molar-refractivity contribution in [1.29, 1.82) is 0 Å². The molecule has 0 amide bonds. The van der Waals surface area contributed by atoms with Crippen LogP contribution in [0.4, 0.5) is 5.95 Å². The van der Waals surface area contributed by atoms with Crippen molar-refractivity contribution in [2.75, 3.05) is 12.8 Å². The van der Waals surface area contributed by atoms with E-state index in [0.29, 0.717) is 17.1 Å². The van der Waals surface area contributed by atoms with E-state index in [0.717, 1.165) is 15.8 Å². The first-order chi connectivity index (χ1) is 11.1. The summed E-state index contributed by atoms with van der Waals surface area (Å²) in [6.07, 6.45) is 0. The number of nitrogen functional groups attached to an aromatic ring is 1. The third-order valence-corrected chi connectivity index (χ3v) is 3.45. The van der Waals surface area contributed by atoms with Crippen LogP contribution in [0.5, 0.6) is 5.75 Å². The van der Waals surface area contributed by atoms with E-state index in [-0.39, 0.29) is 11.9 Å². The Kier molecular flexibility index (Phi) is 3.80. The first-order valence-corrected chi connectivity index (χ1v) is 7.07. The van der Waals surface area contributed by atoms with Crippen molar-refractivity contribution in [2.45, 2.75) is 6.92 Å². The highest BCUT2D eigenvalue weighted by molar-refractivity contribution is 5.97. The maximum atomic E-state index is 12.6. The number of hydrogen-bond donors (Lipinski definition) is 1. The van der Waals surface area contributed by atoms with E-state index in [1.54, 1.807) is 31.4 Å². The molecule has 116 valence electrons. The zero-order chi connectivity index (χ0) is 16.4. The third-order valence-electron chi connectivity index (χ3n) is 3.45. The zero-order valence-corrected chi connectivity index (χ0v) is 12.9. The van der Waals surface area contributed by atoms with Crippen molar-refractivity contribution < 1.29 is 9.53 Å². The Morgan fingerprint density at radius 2 is 1.91 bits per heavy atom. The fraction of sp³-hybridized carbons (Fsp3) is 0.118. The summed E-state index contributed by atoms with van der Waals surface area (Å²) in [5.74, 6) is 0.702. The fourth-order valence-electron chi connectivity index (χ4n) is 2.18. The van der Waals surface area contributed by atoms with Crippen molar-refractivity contribution in [3.8, 4) is 17.1 Å². The van der Waals surface area contributed by atoms with Crippen LogP contribution in [-0.2, 0) is 0 Å². The highest BCUT2D eigenvalue weighted by atomic mass is 16.5. The van der Waals surface area contributed by atoms with Gasteiger partial charge in [0.2, 0.25) is 5.95 Å². The smallest absolute Gasteiger partial charge is 0.281 e. The Labute approximate surface area is 133 Å². The minimum absolute atomic E-state index is 0.0494. The average Bonchev–Trinajstić information content (AvgIpc) is 2.96. The Balaban J connectivity index is 1.97. The van der Waals surface area contributed by atoms with Gasteiger partial charge in [-0.15, -0.1) is 5.10 Å². The molecule has 23 heavy (non-hydrogen) atoms. The normalized spacial score (nSPS) is 10.5. The molecule has 3 aromatic rings. The molecular formula is C17H16N4O2. The van der Waals surface area contributed by atoms with Crippen LogP contribution in [0.15, 0.2) is 48.5 Å². The molecule has 2 N–H and O–H groups in total. The Hall–Kier alpha value is -3.15. The topological polar surface area (TPSA) is 83.0 Å². The summed E-state index contributed by atoms with van der Waals surface area (Å²) in [7, 11) is 1.54. The number of ether oxygens (including phenoxy) is 1. The molecule has 0 radical (unpaired) electrons. The molecule has 0 spiro atoms. The van der Waals surface area contributed by atoms with E-state index in [2.05, 4.69) is 10.1 Å².